The quantitative estimate of drug-likeness (QED) is 0.798. The zero-order chi connectivity index (χ0) is 12.3. The van der Waals surface area contributed by atoms with Gasteiger partial charge in [0.05, 0.1) is 5.92 Å². The van der Waals surface area contributed by atoms with Gasteiger partial charge in [0.15, 0.2) is 0 Å². The summed E-state index contributed by atoms with van der Waals surface area (Å²) in [6.07, 6.45) is 3.07. The molecule has 0 aromatic heterocycles. The molecule has 0 aromatic carbocycles. The van der Waals surface area contributed by atoms with E-state index >= 15 is 0 Å². The number of aliphatic carboxylic acids is 1. The van der Waals surface area contributed by atoms with Crippen LogP contribution in [-0.4, -0.2) is 35.0 Å². The monoisotopic (exact) mass is 257 g/mol. The molecule has 0 aromatic rings. The maximum absolute atomic E-state index is 11.9. The molecule has 3 atom stereocenters. The molecule has 96 valence electrons. The fourth-order valence-corrected chi connectivity index (χ4v) is 3.86. The second kappa shape index (κ2) is 5.76. The van der Waals surface area contributed by atoms with Gasteiger partial charge in [-0.2, -0.15) is 11.8 Å². The van der Waals surface area contributed by atoms with Crippen LogP contribution in [0.5, 0.6) is 0 Å². The number of thioether (sulfide) groups is 1. The summed E-state index contributed by atoms with van der Waals surface area (Å²) >= 11 is 1.94. The fraction of sp³-hybridized carbons (Fsp3) is 0.833. The second-order valence-corrected chi connectivity index (χ2v) is 6.17. The molecule has 1 unspecified atom stereocenters. The third-order valence-corrected chi connectivity index (χ3v) is 4.97. The van der Waals surface area contributed by atoms with Crippen LogP contribution in [0.15, 0.2) is 0 Å². The molecular weight excluding hydrogens is 238 g/mol. The van der Waals surface area contributed by atoms with Crippen molar-refractivity contribution in [1.82, 2.24) is 5.32 Å². The Morgan fingerprint density at radius 3 is 2.59 bits per heavy atom. The predicted octanol–water partition coefficient (Wildman–Crippen LogP) is 1.36. The van der Waals surface area contributed by atoms with Crippen molar-refractivity contribution in [2.75, 3.05) is 18.1 Å². The summed E-state index contributed by atoms with van der Waals surface area (Å²) in [5.74, 6) is 1.87. The highest BCUT2D eigenvalue weighted by molar-refractivity contribution is 7.99. The lowest BCUT2D eigenvalue weighted by Gasteiger charge is -2.13. The van der Waals surface area contributed by atoms with E-state index in [0.717, 1.165) is 18.7 Å². The van der Waals surface area contributed by atoms with Gasteiger partial charge in [-0.05, 0) is 43.1 Å². The number of hydrogen-bond donors (Lipinski definition) is 2. The molecule has 1 heterocycles. The normalized spacial score (nSPS) is 32.6. The lowest BCUT2D eigenvalue weighted by Crippen LogP contribution is -2.33. The van der Waals surface area contributed by atoms with Gasteiger partial charge in [-0.25, -0.2) is 0 Å². The van der Waals surface area contributed by atoms with Gasteiger partial charge in [-0.3, -0.25) is 9.59 Å². The summed E-state index contributed by atoms with van der Waals surface area (Å²) in [6, 6.07) is 0. The zero-order valence-corrected chi connectivity index (χ0v) is 10.7. The fourth-order valence-electron chi connectivity index (χ4n) is 2.58. The highest BCUT2D eigenvalue weighted by Crippen LogP contribution is 2.31. The number of carboxylic acids is 1. The molecule has 1 aliphatic carbocycles. The van der Waals surface area contributed by atoms with Crippen LogP contribution < -0.4 is 5.32 Å². The molecule has 4 nitrogen and oxygen atoms in total. The minimum absolute atomic E-state index is 0.0608. The number of carboxylic acid groups (broad SMARTS) is 1. The lowest BCUT2D eigenvalue weighted by molar-refractivity contribution is -0.141. The van der Waals surface area contributed by atoms with E-state index in [0.29, 0.717) is 18.8 Å². The predicted molar refractivity (Wildman–Crippen MR) is 66.9 cm³/mol. The molecule has 2 aliphatic rings. The number of carbonyl (C=O) groups excluding carboxylic acids is 1. The van der Waals surface area contributed by atoms with Gasteiger partial charge in [0.2, 0.25) is 5.91 Å². The van der Waals surface area contributed by atoms with Gasteiger partial charge >= 0.3 is 5.97 Å². The molecule has 2 N–H and O–H groups in total. The van der Waals surface area contributed by atoms with E-state index in [1.54, 1.807) is 0 Å². The Bertz CT molecular complexity index is 302. The first kappa shape index (κ1) is 12.7. The van der Waals surface area contributed by atoms with E-state index in [1.165, 1.54) is 12.2 Å². The van der Waals surface area contributed by atoms with Gasteiger partial charge in [-0.15, -0.1) is 0 Å². The van der Waals surface area contributed by atoms with Crippen LogP contribution in [0.2, 0.25) is 0 Å². The van der Waals surface area contributed by atoms with Gasteiger partial charge < -0.3 is 10.4 Å². The molecule has 0 bridgehead atoms. The number of hydrogen-bond acceptors (Lipinski definition) is 3. The zero-order valence-electron chi connectivity index (χ0n) is 9.85. The van der Waals surface area contributed by atoms with Crippen molar-refractivity contribution < 1.29 is 14.7 Å². The van der Waals surface area contributed by atoms with E-state index in [4.69, 9.17) is 5.11 Å². The van der Waals surface area contributed by atoms with Crippen LogP contribution in [0.1, 0.15) is 25.7 Å². The Kier molecular flexibility index (Phi) is 4.31. The largest absolute Gasteiger partial charge is 0.481 e. The molecule has 5 heteroatoms. The van der Waals surface area contributed by atoms with E-state index in [9.17, 15) is 9.59 Å². The van der Waals surface area contributed by atoms with Crippen LogP contribution >= 0.6 is 11.8 Å². The van der Waals surface area contributed by atoms with Crippen LogP contribution in [0.3, 0.4) is 0 Å². The van der Waals surface area contributed by atoms with Gasteiger partial charge in [-0.1, -0.05) is 0 Å². The molecular formula is C12H19NO3S. The first-order chi connectivity index (χ1) is 8.16. The van der Waals surface area contributed by atoms with Crippen molar-refractivity contribution in [2.45, 2.75) is 25.7 Å². The maximum atomic E-state index is 11.9. The minimum atomic E-state index is -0.757. The lowest BCUT2D eigenvalue weighted by atomic mass is 10.0. The molecule has 1 saturated carbocycles. The third-order valence-electron chi connectivity index (χ3n) is 3.74. The Balaban J connectivity index is 1.71. The number of amides is 1. The highest BCUT2D eigenvalue weighted by Gasteiger charge is 2.33. The molecule has 2 rings (SSSR count). The summed E-state index contributed by atoms with van der Waals surface area (Å²) < 4.78 is 0. The van der Waals surface area contributed by atoms with Crippen molar-refractivity contribution >= 4 is 23.6 Å². The Morgan fingerprint density at radius 2 is 2.00 bits per heavy atom. The molecule has 1 amide bonds. The molecule has 17 heavy (non-hydrogen) atoms. The van der Waals surface area contributed by atoms with Crippen molar-refractivity contribution in [3.8, 4) is 0 Å². The van der Waals surface area contributed by atoms with E-state index in [2.05, 4.69) is 5.32 Å². The Labute approximate surface area is 106 Å². The van der Waals surface area contributed by atoms with Crippen molar-refractivity contribution in [2.24, 2.45) is 17.8 Å². The van der Waals surface area contributed by atoms with Crippen LogP contribution in [0, 0.1) is 17.8 Å². The average molecular weight is 257 g/mol. The highest BCUT2D eigenvalue weighted by atomic mass is 32.2. The molecule has 2 fully saturated rings. The number of rotatable bonds is 4. The standard InChI is InChI=1S/C12H19NO3S/c14-11(13-6-8-3-4-17-7-8)9-1-2-10(5-9)12(15)16/h8-10H,1-7H2,(H,13,14)(H,15,16)/t8?,9-,10+/m1/s1. The summed E-state index contributed by atoms with van der Waals surface area (Å²) in [5, 5.41) is 11.9. The van der Waals surface area contributed by atoms with Crippen LogP contribution in [-0.2, 0) is 9.59 Å². The summed E-state index contributed by atoms with van der Waals surface area (Å²) in [5.41, 5.74) is 0. The topological polar surface area (TPSA) is 66.4 Å². The van der Waals surface area contributed by atoms with Gasteiger partial charge in [0, 0.05) is 12.5 Å². The van der Waals surface area contributed by atoms with Crippen LogP contribution in [0.4, 0.5) is 0 Å². The van der Waals surface area contributed by atoms with Gasteiger partial charge in [0.1, 0.15) is 0 Å². The summed E-state index contributed by atoms with van der Waals surface area (Å²) in [4.78, 5) is 22.7. The summed E-state index contributed by atoms with van der Waals surface area (Å²) in [7, 11) is 0. The summed E-state index contributed by atoms with van der Waals surface area (Å²) in [6.45, 7) is 0.764. The average Bonchev–Trinajstić information content (AvgIpc) is 2.96. The van der Waals surface area contributed by atoms with Gasteiger partial charge in [0.25, 0.3) is 0 Å². The first-order valence-corrected chi connectivity index (χ1v) is 7.40. The molecule has 0 radical (unpaired) electrons. The van der Waals surface area contributed by atoms with Crippen LogP contribution in [0.25, 0.3) is 0 Å². The Morgan fingerprint density at radius 1 is 1.24 bits per heavy atom. The second-order valence-electron chi connectivity index (χ2n) is 5.02. The molecule has 1 saturated heterocycles. The van der Waals surface area contributed by atoms with Crippen molar-refractivity contribution in [3.05, 3.63) is 0 Å². The minimum Gasteiger partial charge on any atom is -0.481 e. The van der Waals surface area contributed by atoms with Crippen molar-refractivity contribution in [3.63, 3.8) is 0 Å². The smallest absolute Gasteiger partial charge is 0.306 e. The third kappa shape index (κ3) is 3.37. The van der Waals surface area contributed by atoms with E-state index in [1.807, 2.05) is 11.8 Å². The number of carbonyl (C=O) groups is 2. The SMILES string of the molecule is O=C(O)[C@H]1CC[C@@H](C(=O)NCC2CCSC2)C1. The number of nitrogens with one attached hydrogen (secondary N) is 1. The first-order valence-electron chi connectivity index (χ1n) is 6.25. The Hall–Kier alpha value is -0.710. The molecule has 1 aliphatic heterocycles. The van der Waals surface area contributed by atoms with Crippen molar-refractivity contribution in [1.29, 1.82) is 0 Å². The maximum Gasteiger partial charge on any atom is 0.306 e. The van der Waals surface area contributed by atoms with E-state index < -0.39 is 5.97 Å². The van der Waals surface area contributed by atoms with E-state index in [-0.39, 0.29) is 17.7 Å². The molecule has 0 spiro atoms.